The van der Waals surface area contributed by atoms with Crippen molar-refractivity contribution in [2.24, 2.45) is 0 Å². The smallest absolute Gasteiger partial charge is 0.277 e. The van der Waals surface area contributed by atoms with Gasteiger partial charge < -0.3 is 9.42 Å². The Morgan fingerprint density at radius 2 is 1.93 bits per heavy atom. The molecule has 0 spiro atoms. The highest BCUT2D eigenvalue weighted by Crippen LogP contribution is 2.29. The lowest BCUT2D eigenvalue weighted by Crippen LogP contribution is -2.29. The monoisotopic (exact) mass is 379 g/mol. The van der Waals surface area contributed by atoms with E-state index in [0.717, 1.165) is 24.0 Å². The first-order valence-corrected chi connectivity index (χ1v) is 9.75. The summed E-state index contributed by atoms with van der Waals surface area (Å²) < 4.78 is 7.27. The van der Waals surface area contributed by atoms with Crippen LogP contribution in [0.4, 0.5) is 5.13 Å². The van der Waals surface area contributed by atoms with Crippen molar-refractivity contribution in [3.63, 3.8) is 0 Å². The first-order chi connectivity index (χ1) is 13.4. The number of hydrogen-bond donors (Lipinski definition) is 0. The quantitative estimate of drug-likeness (QED) is 0.537. The van der Waals surface area contributed by atoms with E-state index in [-0.39, 0.29) is 0 Å². The van der Waals surface area contributed by atoms with Gasteiger partial charge in [-0.2, -0.15) is 4.98 Å². The van der Waals surface area contributed by atoms with Crippen molar-refractivity contribution in [3.05, 3.63) is 42.3 Å². The molecule has 0 aromatic carbocycles. The Kier molecular flexibility index (Phi) is 4.13. The van der Waals surface area contributed by atoms with Crippen LogP contribution in [0.15, 0.2) is 46.8 Å². The Morgan fingerprint density at radius 1 is 1.00 bits per heavy atom. The summed E-state index contributed by atoms with van der Waals surface area (Å²) in [5, 5.41) is 7.07. The highest BCUT2D eigenvalue weighted by Gasteiger charge is 2.18. The molecule has 0 atom stereocenters. The van der Waals surface area contributed by atoms with E-state index in [4.69, 9.17) is 4.52 Å². The molecule has 1 saturated heterocycles. The lowest BCUT2D eigenvalue weighted by Gasteiger charge is -2.25. The summed E-state index contributed by atoms with van der Waals surface area (Å²) in [5.74, 6) is 1.61. The molecule has 5 heterocycles. The van der Waals surface area contributed by atoms with Crippen LogP contribution in [0.5, 0.6) is 0 Å². The second-order valence-electron chi connectivity index (χ2n) is 6.34. The van der Waals surface area contributed by atoms with Gasteiger partial charge in [0, 0.05) is 30.9 Å². The molecule has 0 N–H and O–H groups in total. The van der Waals surface area contributed by atoms with Crippen LogP contribution in [-0.2, 0) is 0 Å². The molecule has 0 amide bonds. The molecular weight excluding hydrogens is 362 g/mol. The summed E-state index contributed by atoms with van der Waals surface area (Å²) in [7, 11) is 0. The highest BCUT2D eigenvalue weighted by atomic mass is 32.1. The second-order valence-corrected chi connectivity index (χ2v) is 7.17. The zero-order chi connectivity index (χ0) is 18.1. The number of imidazole rings is 1. The lowest BCUT2D eigenvalue weighted by atomic mass is 10.1. The Morgan fingerprint density at radius 3 is 2.78 bits per heavy atom. The predicted molar refractivity (Wildman–Crippen MR) is 102 cm³/mol. The number of hydrogen-bond acceptors (Lipinski definition) is 8. The minimum Gasteiger partial charge on any atom is -0.348 e. The van der Waals surface area contributed by atoms with E-state index in [9.17, 15) is 0 Å². The number of anilines is 1. The van der Waals surface area contributed by atoms with Gasteiger partial charge in [-0.25, -0.2) is 15.0 Å². The van der Waals surface area contributed by atoms with Crippen molar-refractivity contribution in [1.29, 1.82) is 0 Å². The molecule has 8 nitrogen and oxygen atoms in total. The van der Waals surface area contributed by atoms with Gasteiger partial charge in [0.15, 0.2) is 5.13 Å². The van der Waals surface area contributed by atoms with Crippen LogP contribution in [0.2, 0.25) is 0 Å². The first kappa shape index (κ1) is 16.1. The molecule has 0 saturated carbocycles. The highest BCUT2D eigenvalue weighted by molar-refractivity contribution is 7.14. The SMILES string of the molecule is c1cc(-c2noc(-c3csc(N4CCCCC4)n3)n2)nc(-n2ccnc2)c1. The molecule has 1 aliphatic heterocycles. The standard InChI is InChI=1S/C18H17N7OS/c1-2-8-24(9-3-1)18-21-14(11-27-18)17-22-16(23-26-17)13-5-4-6-15(20-13)25-10-7-19-12-25/h4-7,10-12H,1-3,8-9H2. The van der Waals surface area contributed by atoms with Crippen molar-refractivity contribution >= 4 is 16.5 Å². The van der Waals surface area contributed by atoms with Crippen molar-refractivity contribution in [2.75, 3.05) is 18.0 Å². The fourth-order valence-corrected chi connectivity index (χ4v) is 3.96. The molecule has 5 rings (SSSR count). The Labute approximate surface area is 159 Å². The van der Waals surface area contributed by atoms with Crippen molar-refractivity contribution in [1.82, 2.24) is 29.7 Å². The fraction of sp³-hybridized carbons (Fsp3) is 0.278. The van der Waals surface area contributed by atoms with Gasteiger partial charge in [0.25, 0.3) is 5.89 Å². The average Bonchev–Trinajstić information content (AvgIpc) is 3.50. The van der Waals surface area contributed by atoms with Crippen molar-refractivity contribution in [2.45, 2.75) is 19.3 Å². The fourth-order valence-electron chi connectivity index (χ4n) is 3.11. The van der Waals surface area contributed by atoms with E-state index in [2.05, 4.69) is 30.0 Å². The van der Waals surface area contributed by atoms with Crippen LogP contribution in [0.3, 0.4) is 0 Å². The molecule has 9 heteroatoms. The van der Waals surface area contributed by atoms with E-state index < -0.39 is 0 Å². The maximum absolute atomic E-state index is 5.44. The maximum atomic E-state index is 5.44. The number of rotatable bonds is 4. The van der Waals surface area contributed by atoms with Crippen LogP contribution < -0.4 is 4.90 Å². The lowest BCUT2D eigenvalue weighted by molar-refractivity contribution is 0.431. The van der Waals surface area contributed by atoms with E-state index >= 15 is 0 Å². The van der Waals surface area contributed by atoms with Gasteiger partial charge in [-0.1, -0.05) is 11.2 Å². The Hall–Kier alpha value is -3.07. The van der Waals surface area contributed by atoms with Crippen LogP contribution in [-0.4, -0.2) is 42.7 Å². The third-order valence-corrected chi connectivity index (χ3v) is 5.40. The molecule has 27 heavy (non-hydrogen) atoms. The van der Waals surface area contributed by atoms with Gasteiger partial charge in [-0.3, -0.25) is 4.57 Å². The van der Waals surface area contributed by atoms with Gasteiger partial charge in [0.05, 0.1) is 0 Å². The van der Waals surface area contributed by atoms with E-state index in [0.29, 0.717) is 23.1 Å². The minimum absolute atomic E-state index is 0.416. The van der Waals surface area contributed by atoms with E-state index in [1.807, 2.05) is 34.3 Å². The second kappa shape index (κ2) is 6.92. The van der Waals surface area contributed by atoms with Gasteiger partial charge in [0.2, 0.25) is 5.82 Å². The van der Waals surface area contributed by atoms with Gasteiger partial charge in [-0.05, 0) is 31.4 Å². The van der Waals surface area contributed by atoms with Crippen LogP contribution in [0.25, 0.3) is 28.9 Å². The summed E-state index contributed by atoms with van der Waals surface area (Å²) in [6, 6.07) is 5.66. The zero-order valence-corrected chi connectivity index (χ0v) is 15.3. The summed E-state index contributed by atoms with van der Waals surface area (Å²) in [6.07, 6.45) is 8.99. The largest absolute Gasteiger partial charge is 0.348 e. The molecule has 4 aromatic heterocycles. The molecule has 0 unspecified atom stereocenters. The number of pyridine rings is 1. The molecule has 4 aromatic rings. The topological polar surface area (TPSA) is 85.8 Å². The molecule has 1 fully saturated rings. The molecule has 0 radical (unpaired) electrons. The summed E-state index contributed by atoms with van der Waals surface area (Å²) in [6.45, 7) is 2.12. The minimum atomic E-state index is 0.416. The number of piperidine rings is 1. The molecule has 0 aliphatic carbocycles. The first-order valence-electron chi connectivity index (χ1n) is 8.87. The molecule has 136 valence electrons. The van der Waals surface area contributed by atoms with Crippen molar-refractivity contribution in [3.8, 4) is 28.9 Å². The third kappa shape index (κ3) is 3.21. The van der Waals surface area contributed by atoms with Gasteiger partial charge in [0.1, 0.15) is 23.5 Å². The number of aromatic nitrogens is 6. The predicted octanol–water partition coefficient (Wildman–Crippen LogP) is 3.43. The maximum Gasteiger partial charge on any atom is 0.277 e. The van der Waals surface area contributed by atoms with Crippen LogP contribution in [0.1, 0.15) is 19.3 Å². The summed E-state index contributed by atoms with van der Waals surface area (Å²) >= 11 is 1.62. The van der Waals surface area contributed by atoms with Gasteiger partial charge in [-0.15, -0.1) is 11.3 Å². The molecular formula is C18H17N7OS. The molecule has 0 bridgehead atoms. The van der Waals surface area contributed by atoms with Gasteiger partial charge >= 0.3 is 0 Å². The normalized spacial score (nSPS) is 14.6. The van der Waals surface area contributed by atoms with Crippen LogP contribution in [0, 0.1) is 0 Å². The van der Waals surface area contributed by atoms with Crippen LogP contribution >= 0.6 is 11.3 Å². The third-order valence-electron chi connectivity index (χ3n) is 4.50. The average molecular weight is 379 g/mol. The molecule has 1 aliphatic rings. The van der Waals surface area contributed by atoms with E-state index in [1.54, 1.807) is 23.9 Å². The number of thiazole rings is 1. The van der Waals surface area contributed by atoms with Crippen molar-refractivity contribution < 1.29 is 4.52 Å². The summed E-state index contributed by atoms with van der Waals surface area (Å²) in [5.41, 5.74) is 1.35. The Balaban J connectivity index is 1.40. The Bertz CT molecular complexity index is 1030. The number of nitrogens with zero attached hydrogens (tertiary/aromatic N) is 7. The zero-order valence-electron chi connectivity index (χ0n) is 14.5. The summed E-state index contributed by atoms with van der Waals surface area (Å²) in [4.78, 5) is 20.1. The van der Waals surface area contributed by atoms with E-state index in [1.165, 1.54) is 19.3 Å².